The normalized spacial score (nSPS) is 10.7. The van der Waals surface area contributed by atoms with Gasteiger partial charge in [-0.25, -0.2) is 9.97 Å². The number of benzene rings is 1. The molecule has 0 fully saturated rings. The minimum atomic E-state index is 0.665. The number of aryl methyl sites for hydroxylation is 2. The third kappa shape index (κ3) is 2.59. The average Bonchev–Trinajstić information content (AvgIpc) is 2.45. The second-order valence-electron chi connectivity index (χ2n) is 4.78. The van der Waals surface area contributed by atoms with Gasteiger partial charge in [0.2, 0.25) is 0 Å². The molecule has 0 saturated heterocycles. The van der Waals surface area contributed by atoms with Crippen molar-refractivity contribution in [2.75, 3.05) is 5.32 Å². The molecule has 0 saturated carbocycles. The number of aromatic nitrogens is 3. The monoisotopic (exact) mass is 264 g/mol. The fraction of sp³-hybridized carbons (Fsp3) is 0.188. The Bertz CT molecular complexity index is 752. The molecule has 100 valence electrons. The summed E-state index contributed by atoms with van der Waals surface area (Å²) in [7, 11) is 0. The number of hydrogen-bond acceptors (Lipinski definition) is 4. The van der Waals surface area contributed by atoms with Crippen molar-refractivity contribution in [1.29, 1.82) is 0 Å². The highest BCUT2D eigenvalue weighted by Crippen LogP contribution is 2.22. The molecule has 0 aliphatic carbocycles. The fourth-order valence-electron chi connectivity index (χ4n) is 2.18. The van der Waals surface area contributed by atoms with Gasteiger partial charge in [-0.2, -0.15) is 0 Å². The van der Waals surface area contributed by atoms with Crippen molar-refractivity contribution in [1.82, 2.24) is 15.0 Å². The van der Waals surface area contributed by atoms with Crippen molar-refractivity contribution in [3.05, 3.63) is 59.8 Å². The summed E-state index contributed by atoms with van der Waals surface area (Å²) in [5.41, 5.74) is 4.02. The Morgan fingerprint density at radius 2 is 1.90 bits per heavy atom. The van der Waals surface area contributed by atoms with Gasteiger partial charge in [0.25, 0.3) is 0 Å². The number of fused-ring (bicyclic) bond motifs is 1. The van der Waals surface area contributed by atoms with Crippen LogP contribution in [0.5, 0.6) is 0 Å². The first-order valence-electron chi connectivity index (χ1n) is 6.61. The van der Waals surface area contributed by atoms with Crippen LogP contribution in [0.25, 0.3) is 10.9 Å². The largest absolute Gasteiger partial charge is 0.378 e. The van der Waals surface area contributed by atoms with Gasteiger partial charge in [-0.1, -0.05) is 18.2 Å². The van der Waals surface area contributed by atoms with Crippen LogP contribution in [0.1, 0.15) is 17.2 Å². The van der Waals surface area contributed by atoms with Gasteiger partial charge < -0.3 is 5.32 Å². The molecule has 0 aliphatic heterocycles. The summed E-state index contributed by atoms with van der Waals surface area (Å²) in [5, 5.41) is 4.54. The molecule has 1 N–H and O–H groups in total. The van der Waals surface area contributed by atoms with Gasteiger partial charge >= 0.3 is 0 Å². The zero-order chi connectivity index (χ0) is 13.9. The van der Waals surface area contributed by atoms with Gasteiger partial charge in [-0.3, -0.25) is 4.98 Å². The van der Waals surface area contributed by atoms with Crippen LogP contribution in [0.3, 0.4) is 0 Å². The first-order chi connectivity index (χ1) is 9.72. The molecule has 0 atom stereocenters. The summed E-state index contributed by atoms with van der Waals surface area (Å²) in [4.78, 5) is 13.1. The SMILES string of the molecule is Cc1ccc2cccc(NCc3ccnc(C)n3)c2n1. The maximum Gasteiger partial charge on any atom is 0.125 e. The first-order valence-corrected chi connectivity index (χ1v) is 6.61. The number of anilines is 1. The molecule has 0 unspecified atom stereocenters. The highest BCUT2D eigenvalue weighted by atomic mass is 14.9. The second kappa shape index (κ2) is 5.25. The van der Waals surface area contributed by atoms with E-state index in [0.717, 1.165) is 33.8 Å². The van der Waals surface area contributed by atoms with E-state index in [0.29, 0.717) is 6.54 Å². The maximum atomic E-state index is 4.61. The smallest absolute Gasteiger partial charge is 0.125 e. The number of para-hydroxylation sites is 1. The van der Waals surface area contributed by atoms with Crippen LogP contribution in [0.15, 0.2) is 42.6 Å². The van der Waals surface area contributed by atoms with E-state index < -0.39 is 0 Å². The summed E-state index contributed by atoms with van der Waals surface area (Å²) in [6.07, 6.45) is 1.78. The molecule has 2 aromatic heterocycles. The first kappa shape index (κ1) is 12.5. The second-order valence-corrected chi connectivity index (χ2v) is 4.78. The summed E-state index contributed by atoms with van der Waals surface area (Å²) >= 11 is 0. The minimum absolute atomic E-state index is 0.665. The van der Waals surface area contributed by atoms with Gasteiger partial charge in [0.15, 0.2) is 0 Å². The molecule has 0 bridgehead atoms. The van der Waals surface area contributed by atoms with E-state index in [9.17, 15) is 0 Å². The zero-order valence-electron chi connectivity index (χ0n) is 11.6. The van der Waals surface area contributed by atoms with E-state index in [1.54, 1.807) is 6.20 Å². The predicted molar refractivity (Wildman–Crippen MR) is 80.6 cm³/mol. The Morgan fingerprint density at radius 3 is 2.75 bits per heavy atom. The molecule has 3 aromatic rings. The summed E-state index contributed by atoms with van der Waals surface area (Å²) in [6.45, 7) is 4.56. The molecule has 0 spiro atoms. The number of nitrogens with one attached hydrogen (secondary N) is 1. The van der Waals surface area contributed by atoms with Crippen molar-refractivity contribution in [3.8, 4) is 0 Å². The van der Waals surface area contributed by atoms with E-state index in [4.69, 9.17) is 0 Å². The third-order valence-corrected chi connectivity index (χ3v) is 3.15. The van der Waals surface area contributed by atoms with Crippen LogP contribution in [0.2, 0.25) is 0 Å². The fourth-order valence-corrected chi connectivity index (χ4v) is 2.18. The standard InChI is InChI=1S/C16H16N4/c1-11-6-7-13-4-3-5-15(16(13)19-11)18-10-14-8-9-17-12(2)20-14/h3-9,18H,10H2,1-2H3. The van der Waals surface area contributed by atoms with Gasteiger partial charge in [0.1, 0.15) is 5.82 Å². The summed E-state index contributed by atoms with van der Waals surface area (Å²) in [5.74, 6) is 0.788. The van der Waals surface area contributed by atoms with Gasteiger partial charge in [-0.15, -0.1) is 0 Å². The molecular formula is C16H16N4. The highest BCUT2D eigenvalue weighted by Gasteiger charge is 2.03. The van der Waals surface area contributed by atoms with Gasteiger partial charge in [-0.05, 0) is 32.0 Å². The predicted octanol–water partition coefficient (Wildman–Crippen LogP) is 3.25. The molecule has 0 radical (unpaired) electrons. The van der Waals surface area contributed by atoms with E-state index in [2.05, 4.69) is 32.4 Å². The number of hydrogen-bond donors (Lipinski definition) is 1. The average molecular weight is 264 g/mol. The van der Waals surface area contributed by atoms with Crippen molar-refractivity contribution in [2.45, 2.75) is 20.4 Å². The molecule has 1 aromatic carbocycles. The summed E-state index contributed by atoms with van der Waals surface area (Å²) < 4.78 is 0. The van der Waals surface area contributed by atoms with Crippen molar-refractivity contribution >= 4 is 16.6 Å². The molecule has 20 heavy (non-hydrogen) atoms. The summed E-state index contributed by atoms with van der Waals surface area (Å²) in [6, 6.07) is 12.2. The number of nitrogens with zero attached hydrogens (tertiary/aromatic N) is 3. The molecule has 4 heteroatoms. The maximum absolute atomic E-state index is 4.61. The van der Waals surface area contributed by atoms with Crippen molar-refractivity contribution in [2.24, 2.45) is 0 Å². The lowest BCUT2D eigenvalue weighted by atomic mass is 10.1. The van der Waals surface area contributed by atoms with Gasteiger partial charge in [0, 0.05) is 17.3 Å². The molecule has 0 amide bonds. The molecule has 3 rings (SSSR count). The lowest BCUT2D eigenvalue weighted by Gasteiger charge is -2.09. The van der Waals surface area contributed by atoms with E-state index in [1.807, 2.05) is 38.1 Å². The molecule has 0 aliphatic rings. The lowest BCUT2D eigenvalue weighted by Crippen LogP contribution is -2.04. The Hall–Kier alpha value is -2.49. The van der Waals surface area contributed by atoms with Crippen LogP contribution in [-0.4, -0.2) is 15.0 Å². The van der Waals surface area contributed by atoms with Crippen LogP contribution in [0, 0.1) is 13.8 Å². The Labute approximate surface area is 117 Å². The zero-order valence-corrected chi connectivity index (χ0v) is 11.6. The van der Waals surface area contributed by atoms with Crippen LogP contribution < -0.4 is 5.32 Å². The molecular weight excluding hydrogens is 248 g/mol. The van der Waals surface area contributed by atoms with E-state index in [1.165, 1.54) is 0 Å². The highest BCUT2D eigenvalue weighted by molar-refractivity contribution is 5.90. The Morgan fingerprint density at radius 1 is 1.00 bits per heavy atom. The van der Waals surface area contributed by atoms with E-state index >= 15 is 0 Å². The lowest BCUT2D eigenvalue weighted by molar-refractivity contribution is 0.956. The topological polar surface area (TPSA) is 50.7 Å². The van der Waals surface area contributed by atoms with E-state index in [-0.39, 0.29) is 0 Å². The van der Waals surface area contributed by atoms with Crippen molar-refractivity contribution < 1.29 is 0 Å². The minimum Gasteiger partial charge on any atom is -0.378 e. The molecule has 2 heterocycles. The number of pyridine rings is 1. The Balaban J connectivity index is 1.89. The van der Waals surface area contributed by atoms with Crippen LogP contribution >= 0.6 is 0 Å². The quantitative estimate of drug-likeness (QED) is 0.789. The Kier molecular flexibility index (Phi) is 3.29. The third-order valence-electron chi connectivity index (χ3n) is 3.15. The van der Waals surface area contributed by atoms with Gasteiger partial charge in [0.05, 0.1) is 23.4 Å². The number of rotatable bonds is 3. The van der Waals surface area contributed by atoms with Crippen molar-refractivity contribution in [3.63, 3.8) is 0 Å². The van der Waals surface area contributed by atoms with Crippen LogP contribution in [-0.2, 0) is 6.54 Å². The van der Waals surface area contributed by atoms with Crippen LogP contribution in [0.4, 0.5) is 5.69 Å². The molecule has 4 nitrogen and oxygen atoms in total.